The third-order valence-corrected chi connectivity index (χ3v) is 7.00. The van der Waals surface area contributed by atoms with E-state index in [1.165, 1.54) is 26.2 Å². The van der Waals surface area contributed by atoms with Gasteiger partial charge in [-0.3, -0.25) is 13.9 Å². The summed E-state index contributed by atoms with van der Waals surface area (Å²) in [5.74, 6) is -0.508. The van der Waals surface area contributed by atoms with E-state index in [2.05, 4.69) is 15.8 Å². The molecule has 0 aliphatic rings. The second-order valence-corrected chi connectivity index (χ2v) is 9.85. The summed E-state index contributed by atoms with van der Waals surface area (Å²) in [5.41, 5.74) is 5.42. The van der Waals surface area contributed by atoms with Crippen molar-refractivity contribution in [2.24, 2.45) is 5.10 Å². The Balaban J connectivity index is 1.85. The number of aryl methyl sites for hydroxylation is 1. The number of nitrogens with zero attached hydrogens (tertiary/aromatic N) is 2. The number of hydrogen-bond donors (Lipinski definition) is 2. The van der Waals surface area contributed by atoms with E-state index < -0.39 is 22.5 Å². The first-order chi connectivity index (χ1) is 17.1. The molecule has 0 spiro atoms. The monoisotopic (exact) mass is 508 g/mol. The minimum atomic E-state index is -4.09. The highest BCUT2D eigenvalue weighted by Gasteiger charge is 2.29. The summed E-state index contributed by atoms with van der Waals surface area (Å²) < 4.78 is 33.4. The van der Waals surface area contributed by atoms with Gasteiger partial charge in [0.1, 0.15) is 12.3 Å². The van der Waals surface area contributed by atoms with Crippen LogP contribution >= 0.6 is 0 Å². The lowest BCUT2D eigenvalue weighted by atomic mass is 10.1. The number of anilines is 2. The van der Waals surface area contributed by atoms with Crippen molar-refractivity contribution in [1.29, 1.82) is 0 Å². The number of nitrogens with one attached hydrogen (secondary N) is 2. The highest BCUT2D eigenvalue weighted by molar-refractivity contribution is 7.92. The molecule has 0 saturated heterocycles. The molecule has 0 aliphatic carbocycles. The lowest BCUT2D eigenvalue weighted by molar-refractivity contribution is -0.119. The van der Waals surface area contributed by atoms with Crippen LogP contribution in [-0.4, -0.2) is 39.6 Å². The summed E-state index contributed by atoms with van der Waals surface area (Å²) in [6, 6.07) is 19.9. The first kappa shape index (κ1) is 26.4. The van der Waals surface area contributed by atoms with E-state index in [-0.39, 0.29) is 16.5 Å². The van der Waals surface area contributed by atoms with Gasteiger partial charge < -0.3 is 10.1 Å². The smallest absolute Gasteiger partial charge is 0.264 e. The zero-order chi connectivity index (χ0) is 26.3. The van der Waals surface area contributed by atoms with Crippen LogP contribution in [0.5, 0.6) is 5.75 Å². The number of rotatable bonds is 9. The maximum atomic E-state index is 13.5. The van der Waals surface area contributed by atoms with E-state index in [1.807, 2.05) is 6.92 Å². The number of amides is 2. The minimum Gasteiger partial charge on any atom is -0.495 e. The maximum absolute atomic E-state index is 13.5. The molecule has 0 atom stereocenters. The van der Waals surface area contributed by atoms with Crippen molar-refractivity contribution in [3.63, 3.8) is 0 Å². The van der Waals surface area contributed by atoms with Gasteiger partial charge in [0.2, 0.25) is 5.91 Å². The average molecular weight is 509 g/mol. The standard InChI is InChI=1S/C26H28N4O5S/c1-18-9-15-23(16-10-18)36(33,34)30(24-7-5-6-8-25(24)35-4)17-26(32)29-28-19(2)21-11-13-22(14-12-21)27-20(3)31/h5-16H,17H2,1-4H3,(H,27,31)(H,29,32)/b28-19-. The summed E-state index contributed by atoms with van der Waals surface area (Å²) in [6.07, 6.45) is 0. The largest absolute Gasteiger partial charge is 0.495 e. The fourth-order valence-electron chi connectivity index (χ4n) is 3.35. The molecule has 0 saturated carbocycles. The molecule has 0 heterocycles. The van der Waals surface area contributed by atoms with Gasteiger partial charge in [0.15, 0.2) is 0 Å². The molecule has 0 aliphatic heterocycles. The highest BCUT2D eigenvalue weighted by atomic mass is 32.2. The van der Waals surface area contributed by atoms with Crippen LogP contribution in [0.2, 0.25) is 0 Å². The fourth-order valence-corrected chi connectivity index (χ4v) is 4.78. The fraction of sp³-hybridized carbons (Fsp3) is 0.192. The van der Waals surface area contributed by atoms with Gasteiger partial charge in [-0.25, -0.2) is 13.8 Å². The van der Waals surface area contributed by atoms with Crippen LogP contribution in [0, 0.1) is 6.92 Å². The zero-order valence-electron chi connectivity index (χ0n) is 20.5. The van der Waals surface area contributed by atoms with Gasteiger partial charge in [-0.15, -0.1) is 0 Å². The lowest BCUT2D eigenvalue weighted by Crippen LogP contribution is -2.40. The van der Waals surface area contributed by atoms with Crippen molar-refractivity contribution in [2.45, 2.75) is 25.7 Å². The second kappa shape index (κ2) is 11.5. The Morgan fingerprint density at radius 3 is 2.19 bits per heavy atom. The van der Waals surface area contributed by atoms with Crippen LogP contribution in [-0.2, 0) is 19.6 Å². The van der Waals surface area contributed by atoms with Crippen molar-refractivity contribution >= 4 is 38.9 Å². The van der Waals surface area contributed by atoms with Crippen molar-refractivity contribution < 1.29 is 22.7 Å². The Morgan fingerprint density at radius 1 is 0.944 bits per heavy atom. The van der Waals surface area contributed by atoms with Gasteiger partial charge in [-0.2, -0.15) is 5.10 Å². The third-order valence-electron chi connectivity index (χ3n) is 5.22. The summed E-state index contributed by atoms with van der Waals surface area (Å²) >= 11 is 0. The Bertz CT molecular complexity index is 1370. The molecule has 36 heavy (non-hydrogen) atoms. The lowest BCUT2D eigenvalue weighted by Gasteiger charge is -2.25. The Hall–Kier alpha value is -4.18. The number of para-hydroxylation sites is 2. The Kier molecular flexibility index (Phi) is 8.44. The van der Waals surface area contributed by atoms with Crippen LogP contribution in [0.3, 0.4) is 0 Å². The maximum Gasteiger partial charge on any atom is 0.264 e. The predicted octanol–water partition coefficient (Wildman–Crippen LogP) is 3.70. The molecule has 2 N–H and O–H groups in total. The molecule has 3 aromatic carbocycles. The number of methoxy groups -OCH3 is 1. The van der Waals surface area contributed by atoms with Crippen molar-refractivity contribution in [3.8, 4) is 5.75 Å². The van der Waals surface area contributed by atoms with Gasteiger partial charge in [-0.1, -0.05) is 42.0 Å². The van der Waals surface area contributed by atoms with Gasteiger partial charge in [-0.05, 0) is 55.8 Å². The number of benzene rings is 3. The molecule has 0 fully saturated rings. The number of carbonyl (C=O) groups excluding carboxylic acids is 2. The number of ether oxygens (including phenoxy) is 1. The molecular formula is C26H28N4O5S. The van der Waals surface area contributed by atoms with Gasteiger partial charge in [0.25, 0.3) is 15.9 Å². The van der Waals surface area contributed by atoms with Crippen molar-refractivity contribution in [1.82, 2.24) is 5.43 Å². The van der Waals surface area contributed by atoms with E-state index in [0.717, 1.165) is 15.4 Å². The summed E-state index contributed by atoms with van der Waals surface area (Å²) in [7, 11) is -2.66. The number of sulfonamides is 1. The molecule has 188 valence electrons. The first-order valence-corrected chi connectivity index (χ1v) is 12.5. The topological polar surface area (TPSA) is 117 Å². The molecule has 0 bridgehead atoms. The molecule has 9 nitrogen and oxygen atoms in total. The van der Waals surface area contributed by atoms with Crippen LogP contribution in [0.1, 0.15) is 25.0 Å². The van der Waals surface area contributed by atoms with E-state index in [9.17, 15) is 18.0 Å². The van der Waals surface area contributed by atoms with Crippen LogP contribution in [0.25, 0.3) is 0 Å². The first-order valence-electron chi connectivity index (χ1n) is 11.1. The van der Waals surface area contributed by atoms with Crippen LogP contribution < -0.4 is 19.8 Å². The van der Waals surface area contributed by atoms with Gasteiger partial charge in [0.05, 0.1) is 23.4 Å². The van der Waals surface area contributed by atoms with E-state index >= 15 is 0 Å². The van der Waals surface area contributed by atoms with Gasteiger partial charge >= 0.3 is 0 Å². The van der Waals surface area contributed by atoms with Crippen LogP contribution in [0.4, 0.5) is 11.4 Å². The van der Waals surface area contributed by atoms with Crippen molar-refractivity contribution in [2.75, 3.05) is 23.3 Å². The molecule has 0 radical (unpaired) electrons. The third kappa shape index (κ3) is 6.48. The SMILES string of the molecule is COc1ccccc1N(CC(=O)N/N=C(/C)c1ccc(NC(C)=O)cc1)S(=O)(=O)c1ccc(C)cc1. The summed E-state index contributed by atoms with van der Waals surface area (Å²) in [5, 5.41) is 6.79. The molecule has 3 aromatic rings. The second-order valence-electron chi connectivity index (χ2n) is 7.99. The normalized spacial score (nSPS) is 11.5. The molecule has 3 rings (SSSR count). The number of hydrogen-bond acceptors (Lipinski definition) is 6. The summed E-state index contributed by atoms with van der Waals surface area (Å²) in [4.78, 5) is 24.1. The Morgan fingerprint density at radius 2 is 1.58 bits per heavy atom. The van der Waals surface area contributed by atoms with E-state index in [1.54, 1.807) is 67.6 Å². The van der Waals surface area contributed by atoms with Gasteiger partial charge in [0, 0.05) is 12.6 Å². The molecular weight excluding hydrogens is 480 g/mol. The van der Waals surface area contributed by atoms with E-state index in [0.29, 0.717) is 17.1 Å². The zero-order valence-corrected chi connectivity index (χ0v) is 21.3. The van der Waals surface area contributed by atoms with Crippen LogP contribution in [0.15, 0.2) is 82.8 Å². The van der Waals surface area contributed by atoms with Crippen molar-refractivity contribution in [3.05, 3.63) is 83.9 Å². The number of carbonyl (C=O) groups is 2. The molecule has 0 unspecified atom stereocenters. The van der Waals surface area contributed by atoms with E-state index in [4.69, 9.17) is 4.74 Å². The summed E-state index contributed by atoms with van der Waals surface area (Å²) in [6.45, 7) is 4.46. The Labute approximate surface area is 210 Å². The highest BCUT2D eigenvalue weighted by Crippen LogP contribution is 2.32. The molecule has 0 aromatic heterocycles. The molecule has 10 heteroatoms. The average Bonchev–Trinajstić information content (AvgIpc) is 2.86. The number of hydrazone groups is 1. The predicted molar refractivity (Wildman–Crippen MR) is 140 cm³/mol. The quantitative estimate of drug-likeness (QED) is 0.338. The molecule has 2 amide bonds. The minimum absolute atomic E-state index is 0.0470.